The van der Waals surface area contributed by atoms with Crippen molar-refractivity contribution in [2.75, 3.05) is 20.2 Å². The third-order valence-corrected chi connectivity index (χ3v) is 3.68. The molecule has 0 fully saturated rings. The molecule has 0 aliphatic carbocycles. The fourth-order valence-electron chi connectivity index (χ4n) is 2.48. The maximum absolute atomic E-state index is 11.0. The van der Waals surface area contributed by atoms with E-state index in [0.29, 0.717) is 31.0 Å². The van der Waals surface area contributed by atoms with E-state index in [1.54, 1.807) is 6.07 Å². The summed E-state index contributed by atoms with van der Waals surface area (Å²) in [5.74, 6) is 0.417. The van der Waals surface area contributed by atoms with Crippen LogP contribution in [0.1, 0.15) is 5.56 Å². The highest BCUT2D eigenvalue weighted by atomic mass is 35.5. The summed E-state index contributed by atoms with van der Waals surface area (Å²) < 4.78 is 7.50. The van der Waals surface area contributed by atoms with Gasteiger partial charge in [0.2, 0.25) is 5.88 Å². The molecule has 2 aromatic carbocycles. The number of nitro groups is 1. The number of nitrogens with zero attached hydrogens (tertiary/aromatic N) is 3. The SMILES string of the molecule is CNCCOc1nn(Cc2ccccc2)c2ccc([N+](=O)[O-])cc12.Cl. The van der Waals surface area contributed by atoms with Gasteiger partial charge in [0.15, 0.2) is 0 Å². The van der Waals surface area contributed by atoms with Gasteiger partial charge >= 0.3 is 0 Å². The highest BCUT2D eigenvalue weighted by Crippen LogP contribution is 2.29. The Hall–Kier alpha value is -2.64. The molecule has 3 rings (SSSR count). The van der Waals surface area contributed by atoms with Gasteiger partial charge < -0.3 is 10.1 Å². The smallest absolute Gasteiger partial charge is 0.270 e. The predicted octanol–water partition coefficient (Wildman–Crippen LogP) is 3.01. The molecule has 25 heavy (non-hydrogen) atoms. The molecule has 0 saturated carbocycles. The molecule has 0 aliphatic heterocycles. The first-order valence-corrected chi connectivity index (χ1v) is 7.65. The highest BCUT2D eigenvalue weighted by Gasteiger charge is 2.16. The second-order valence-electron chi connectivity index (χ2n) is 5.36. The Kier molecular flexibility index (Phi) is 6.32. The molecule has 0 atom stereocenters. The minimum absolute atomic E-state index is 0. The van der Waals surface area contributed by atoms with Gasteiger partial charge in [0.25, 0.3) is 5.69 Å². The highest BCUT2D eigenvalue weighted by molar-refractivity contribution is 5.86. The second kappa shape index (κ2) is 8.46. The number of hydrogen-bond acceptors (Lipinski definition) is 5. The second-order valence-corrected chi connectivity index (χ2v) is 5.36. The van der Waals surface area contributed by atoms with Gasteiger partial charge in [0, 0.05) is 18.7 Å². The van der Waals surface area contributed by atoms with Crippen molar-refractivity contribution in [3.05, 3.63) is 64.2 Å². The molecule has 0 amide bonds. The Labute approximate surface area is 151 Å². The van der Waals surface area contributed by atoms with Gasteiger partial charge in [-0.3, -0.25) is 14.8 Å². The fraction of sp³-hybridized carbons (Fsp3) is 0.235. The van der Waals surface area contributed by atoms with Crippen LogP contribution in [0.25, 0.3) is 10.9 Å². The number of nitro benzene ring substituents is 1. The fourth-order valence-corrected chi connectivity index (χ4v) is 2.48. The maximum atomic E-state index is 11.0. The van der Waals surface area contributed by atoms with Crippen LogP contribution in [0.4, 0.5) is 5.69 Å². The summed E-state index contributed by atoms with van der Waals surface area (Å²) in [6.07, 6.45) is 0. The Balaban J connectivity index is 0.00000225. The predicted molar refractivity (Wildman–Crippen MR) is 98.6 cm³/mol. The van der Waals surface area contributed by atoms with Gasteiger partial charge in [-0.2, -0.15) is 0 Å². The quantitative estimate of drug-likeness (QED) is 0.397. The van der Waals surface area contributed by atoms with Crippen molar-refractivity contribution in [2.45, 2.75) is 6.54 Å². The lowest BCUT2D eigenvalue weighted by Crippen LogP contribution is -2.16. The van der Waals surface area contributed by atoms with E-state index in [-0.39, 0.29) is 18.1 Å². The van der Waals surface area contributed by atoms with Gasteiger partial charge in [0.1, 0.15) is 6.61 Å². The van der Waals surface area contributed by atoms with Crippen LogP contribution >= 0.6 is 12.4 Å². The Morgan fingerprint density at radius 2 is 2.00 bits per heavy atom. The molecular weight excluding hydrogens is 344 g/mol. The molecule has 0 spiro atoms. The van der Waals surface area contributed by atoms with Crippen molar-refractivity contribution in [3.63, 3.8) is 0 Å². The van der Waals surface area contributed by atoms with Gasteiger partial charge in [-0.15, -0.1) is 17.5 Å². The minimum atomic E-state index is -0.411. The van der Waals surface area contributed by atoms with E-state index in [9.17, 15) is 10.1 Å². The summed E-state index contributed by atoms with van der Waals surface area (Å²) in [4.78, 5) is 10.6. The zero-order valence-electron chi connectivity index (χ0n) is 13.7. The number of nitrogens with one attached hydrogen (secondary N) is 1. The molecular formula is C17H19ClN4O3. The van der Waals surface area contributed by atoms with Crippen molar-refractivity contribution in [3.8, 4) is 5.88 Å². The number of halogens is 1. The molecule has 0 radical (unpaired) electrons. The molecule has 8 heteroatoms. The van der Waals surface area contributed by atoms with Crippen LogP contribution in [-0.2, 0) is 6.54 Å². The Morgan fingerprint density at radius 3 is 2.68 bits per heavy atom. The molecule has 0 saturated heterocycles. The summed E-state index contributed by atoms with van der Waals surface area (Å²) >= 11 is 0. The third kappa shape index (κ3) is 4.26. The van der Waals surface area contributed by atoms with Crippen LogP contribution in [0.15, 0.2) is 48.5 Å². The van der Waals surface area contributed by atoms with Crippen LogP contribution in [0, 0.1) is 10.1 Å². The Morgan fingerprint density at radius 1 is 1.24 bits per heavy atom. The molecule has 7 nitrogen and oxygen atoms in total. The standard InChI is InChI=1S/C17H18N4O3.ClH/c1-18-9-10-24-17-15-11-14(21(22)23)7-8-16(15)20(19-17)12-13-5-3-2-4-6-13;/h2-8,11,18H,9-10,12H2,1H3;1H. The number of aromatic nitrogens is 2. The number of ether oxygens (including phenoxy) is 1. The van der Waals surface area contributed by atoms with E-state index in [0.717, 1.165) is 11.1 Å². The van der Waals surface area contributed by atoms with Gasteiger partial charge in [-0.1, -0.05) is 30.3 Å². The molecule has 3 aromatic rings. The molecule has 0 bridgehead atoms. The van der Waals surface area contributed by atoms with Crippen LogP contribution < -0.4 is 10.1 Å². The van der Waals surface area contributed by atoms with Crippen molar-refractivity contribution < 1.29 is 9.66 Å². The zero-order valence-corrected chi connectivity index (χ0v) is 14.5. The van der Waals surface area contributed by atoms with Crippen molar-refractivity contribution in [1.82, 2.24) is 15.1 Å². The van der Waals surface area contributed by atoms with Crippen LogP contribution in [0.3, 0.4) is 0 Å². The minimum Gasteiger partial charge on any atom is -0.475 e. The summed E-state index contributed by atoms with van der Waals surface area (Å²) in [6, 6.07) is 14.6. The van der Waals surface area contributed by atoms with Crippen molar-refractivity contribution in [2.24, 2.45) is 0 Å². The number of benzene rings is 2. The first-order chi connectivity index (χ1) is 11.7. The molecule has 0 aliphatic rings. The number of fused-ring (bicyclic) bond motifs is 1. The summed E-state index contributed by atoms with van der Waals surface area (Å²) in [5.41, 5.74) is 1.94. The average Bonchev–Trinajstić information content (AvgIpc) is 2.93. The van der Waals surface area contributed by atoms with Gasteiger partial charge in [-0.25, -0.2) is 0 Å². The van der Waals surface area contributed by atoms with Crippen molar-refractivity contribution in [1.29, 1.82) is 0 Å². The monoisotopic (exact) mass is 362 g/mol. The molecule has 1 N–H and O–H groups in total. The molecule has 1 heterocycles. The van der Waals surface area contributed by atoms with Gasteiger partial charge in [-0.05, 0) is 18.7 Å². The van der Waals surface area contributed by atoms with Crippen LogP contribution in [0.5, 0.6) is 5.88 Å². The third-order valence-electron chi connectivity index (χ3n) is 3.68. The van der Waals surface area contributed by atoms with Gasteiger partial charge in [0.05, 0.1) is 22.4 Å². The lowest BCUT2D eigenvalue weighted by Gasteiger charge is -2.03. The summed E-state index contributed by atoms with van der Waals surface area (Å²) in [5, 5.41) is 19.2. The van der Waals surface area contributed by atoms with E-state index in [2.05, 4.69) is 10.4 Å². The zero-order chi connectivity index (χ0) is 16.9. The first-order valence-electron chi connectivity index (χ1n) is 7.65. The van der Waals surface area contributed by atoms with Crippen LogP contribution in [-0.4, -0.2) is 34.9 Å². The van der Waals surface area contributed by atoms with E-state index in [1.165, 1.54) is 12.1 Å². The molecule has 0 unspecified atom stereocenters. The molecule has 1 aromatic heterocycles. The summed E-state index contributed by atoms with van der Waals surface area (Å²) in [7, 11) is 1.83. The topological polar surface area (TPSA) is 82.2 Å². The average molecular weight is 363 g/mol. The number of hydrogen-bond donors (Lipinski definition) is 1. The Bertz CT molecular complexity index is 852. The first kappa shape index (κ1) is 18.7. The van der Waals surface area contributed by atoms with E-state index >= 15 is 0 Å². The van der Waals surface area contributed by atoms with E-state index in [4.69, 9.17) is 4.74 Å². The normalized spacial score (nSPS) is 10.4. The molecule has 132 valence electrons. The number of likely N-dealkylation sites (N-methyl/N-ethyl adjacent to an activating group) is 1. The number of non-ortho nitro benzene ring substituents is 1. The maximum Gasteiger partial charge on any atom is 0.270 e. The van der Waals surface area contributed by atoms with Crippen LogP contribution in [0.2, 0.25) is 0 Å². The van der Waals surface area contributed by atoms with Crippen molar-refractivity contribution >= 4 is 29.0 Å². The summed E-state index contributed by atoms with van der Waals surface area (Å²) in [6.45, 7) is 1.68. The largest absolute Gasteiger partial charge is 0.475 e. The lowest BCUT2D eigenvalue weighted by atomic mass is 10.2. The van der Waals surface area contributed by atoms with E-state index < -0.39 is 4.92 Å². The lowest BCUT2D eigenvalue weighted by molar-refractivity contribution is -0.384. The van der Waals surface area contributed by atoms with E-state index in [1.807, 2.05) is 42.1 Å². The number of rotatable bonds is 7.